The standard InChI is InChI=1S/C18H18ClN3O2S/c1-3-24-14-6-4-13(5-7-14)12-21(2)16(23)9-8-15-17(19)20-18-22(15)10-11-25-18/h4-11H,3,12H2,1-2H3/b9-8+. The molecule has 0 radical (unpaired) electrons. The number of rotatable bonds is 6. The Hall–Kier alpha value is -2.31. The van der Waals surface area contributed by atoms with Gasteiger partial charge in [0, 0.05) is 31.2 Å². The van der Waals surface area contributed by atoms with Crippen LogP contribution in [0, 0.1) is 0 Å². The molecule has 0 saturated carbocycles. The van der Waals surface area contributed by atoms with E-state index in [2.05, 4.69) is 4.98 Å². The Labute approximate surface area is 155 Å². The first kappa shape index (κ1) is 17.5. The molecular formula is C18H18ClN3O2S. The maximum Gasteiger partial charge on any atom is 0.246 e. The third-order valence-corrected chi connectivity index (χ3v) is 4.70. The van der Waals surface area contributed by atoms with Crippen LogP contribution in [0.3, 0.4) is 0 Å². The third kappa shape index (κ3) is 4.03. The fraction of sp³-hybridized carbons (Fsp3) is 0.222. The van der Waals surface area contributed by atoms with Gasteiger partial charge in [-0.25, -0.2) is 4.98 Å². The molecule has 1 aromatic carbocycles. The van der Waals surface area contributed by atoms with E-state index < -0.39 is 0 Å². The van der Waals surface area contributed by atoms with Crippen molar-refractivity contribution in [2.45, 2.75) is 13.5 Å². The highest BCUT2D eigenvalue weighted by Crippen LogP contribution is 2.22. The summed E-state index contributed by atoms with van der Waals surface area (Å²) in [6, 6.07) is 7.74. The van der Waals surface area contributed by atoms with Crippen LogP contribution in [0.15, 0.2) is 41.9 Å². The topological polar surface area (TPSA) is 46.8 Å². The summed E-state index contributed by atoms with van der Waals surface area (Å²) in [5.41, 5.74) is 1.75. The lowest BCUT2D eigenvalue weighted by Gasteiger charge is -2.15. The van der Waals surface area contributed by atoms with Crippen LogP contribution in [0.1, 0.15) is 18.2 Å². The molecule has 0 N–H and O–H groups in total. The minimum absolute atomic E-state index is 0.102. The zero-order chi connectivity index (χ0) is 17.8. The Balaban J connectivity index is 1.66. The number of ether oxygens (including phenoxy) is 1. The van der Waals surface area contributed by atoms with E-state index in [9.17, 15) is 4.79 Å². The van der Waals surface area contributed by atoms with Gasteiger partial charge in [0.15, 0.2) is 10.1 Å². The normalized spacial score (nSPS) is 11.3. The van der Waals surface area contributed by atoms with Gasteiger partial charge in [0.25, 0.3) is 0 Å². The molecule has 0 fully saturated rings. The van der Waals surface area contributed by atoms with Gasteiger partial charge in [0.05, 0.1) is 12.3 Å². The molecule has 0 aliphatic carbocycles. The number of fused-ring (bicyclic) bond motifs is 1. The van der Waals surface area contributed by atoms with E-state index >= 15 is 0 Å². The molecule has 0 aliphatic rings. The first-order valence-corrected chi connectivity index (χ1v) is 9.10. The van der Waals surface area contributed by atoms with Gasteiger partial charge in [-0.1, -0.05) is 23.7 Å². The largest absolute Gasteiger partial charge is 0.494 e. The van der Waals surface area contributed by atoms with E-state index in [-0.39, 0.29) is 5.91 Å². The van der Waals surface area contributed by atoms with E-state index in [0.29, 0.717) is 24.0 Å². The molecular weight excluding hydrogens is 358 g/mol. The van der Waals surface area contributed by atoms with Crippen LogP contribution in [0.25, 0.3) is 11.0 Å². The van der Waals surface area contributed by atoms with E-state index in [4.69, 9.17) is 16.3 Å². The lowest BCUT2D eigenvalue weighted by atomic mass is 10.2. The summed E-state index contributed by atoms with van der Waals surface area (Å²) in [5.74, 6) is 0.727. The van der Waals surface area contributed by atoms with Crippen LogP contribution in [-0.4, -0.2) is 33.8 Å². The lowest BCUT2D eigenvalue weighted by Crippen LogP contribution is -2.24. The number of benzene rings is 1. The molecule has 5 nitrogen and oxygen atoms in total. The molecule has 25 heavy (non-hydrogen) atoms. The second-order valence-electron chi connectivity index (χ2n) is 5.45. The summed E-state index contributed by atoms with van der Waals surface area (Å²) in [5, 5.41) is 2.32. The molecule has 0 unspecified atom stereocenters. The lowest BCUT2D eigenvalue weighted by molar-refractivity contribution is -0.125. The minimum atomic E-state index is -0.102. The summed E-state index contributed by atoms with van der Waals surface area (Å²) >= 11 is 7.63. The number of carbonyl (C=O) groups excluding carboxylic acids is 1. The van der Waals surface area contributed by atoms with Gasteiger partial charge >= 0.3 is 0 Å². The van der Waals surface area contributed by atoms with Gasteiger partial charge in [0.2, 0.25) is 5.91 Å². The van der Waals surface area contributed by atoms with Crippen LogP contribution in [0.5, 0.6) is 5.75 Å². The predicted molar refractivity (Wildman–Crippen MR) is 101 cm³/mol. The molecule has 3 aromatic rings. The van der Waals surface area contributed by atoms with Crippen molar-refractivity contribution in [2.24, 2.45) is 0 Å². The highest BCUT2D eigenvalue weighted by Gasteiger charge is 2.10. The molecule has 3 rings (SSSR count). The van der Waals surface area contributed by atoms with Gasteiger partial charge in [-0.2, -0.15) is 0 Å². The number of imidazole rings is 1. The van der Waals surface area contributed by atoms with Gasteiger partial charge in [-0.15, -0.1) is 11.3 Å². The molecule has 2 heterocycles. The van der Waals surface area contributed by atoms with Crippen molar-refractivity contribution < 1.29 is 9.53 Å². The van der Waals surface area contributed by atoms with E-state index in [1.165, 1.54) is 17.4 Å². The number of likely N-dealkylation sites (N-methyl/N-ethyl adjacent to an activating group) is 1. The second kappa shape index (κ2) is 7.72. The summed E-state index contributed by atoms with van der Waals surface area (Å²) < 4.78 is 7.29. The molecule has 7 heteroatoms. The smallest absolute Gasteiger partial charge is 0.246 e. The predicted octanol–water partition coefficient (Wildman–Crippen LogP) is 4.12. The Bertz CT molecular complexity index is 899. The van der Waals surface area contributed by atoms with Gasteiger partial charge in [-0.3, -0.25) is 9.20 Å². The quantitative estimate of drug-likeness (QED) is 0.609. The number of halogens is 1. The molecule has 1 amide bonds. The van der Waals surface area contributed by atoms with Gasteiger partial charge < -0.3 is 9.64 Å². The van der Waals surface area contributed by atoms with Gasteiger partial charge in [-0.05, 0) is 30.7 Å². The third-order valence-electron chi connectivity index (χ3n) is 3.67. The maximum atomic E-state index is 12.3. The number of carbonyl (C=O) groups is 1. The molecule has 0 bridgehead atoms. The SMILES string of the molecule is CCOc1ccc(CN(C)C(=O)/C=C/c2c(Cl)nc3sccn23)cc1. The van der Waals surface area contributed by atoms with Crippen LogP contribution in [-0.2, 0) is 11.3 Å². The van der Waals surface area contributed by atoms with Gasteiger partial charge in [0.1, 0.15) is 5.75 Å². The first-order valence-electron chi connectivity index (χ1n) is 7.84. The average molecular weight is 376 g/mol. The zero-order valence-corrected chi connectivity index (χ0v) is 15.5. The monoisotopic (exact) mass is 375 g/mol. The van der Waals surface area contributed by atoms with Crippen molar-refractivity contribution in [1.29, 1.82) is 0 Å². The minimum Gasteiger partial charge on any atom is -0.494 e. The Kier molecular flexibility index (Phi) is 5.40. The van der Waals surface area contributed by atoms with E-state index in [0.717, 1.165) is 16.3 Å². The van der Waals surface area contributed by atoms with Crippen molar-refractivity contribution in [2.75, 3.05) is 13.7 Å². The van der Waals surface area contributed by atoms with Crippen LogP contribution < -0.4 is 4.74 Å². The van der Waals surface area contributed by atoms with Crippen molar-refractivity contribution in [3.05, 3.63) is 58.3 Å². The number of hydrogen-bond donors (Lipinski definition) is 0. The van der Waals surface area contributed by atoms with E-state index in [1.807, 2.05) is 47.2 Å². The van der Waals surface area contributed by atoms with Crippen molar-refractivity contribution >= 4 is 39.9 Å². The van der Waals surface area contributed by atoms with Crippen molar-refractivity contribution in [1.82, 2.24) is 14.3 Å². The zero-order valence-electron chi connectivity index (χ0n) is 14.0. The average Bonchev–Trinajstić information content (AvgIpc) is 3.15. The van der Waals surface area contributed by atoms with Crippen LogP contribution in [0.2, 0.25) is 5.15 Å². The fourth-order valence-electron chi connectivity index (χ4n) is 2.41. The number of aromatic nitrogens is 2. The fourth-order valence-corrected chi connectivity index (χ4v) is 3.42. The number of amides is 1. The Morgan fingerprint density at radius 3 is 2.88 bits per heavy atom. The molecule has 0 spiro atoms. The Morgan fingerprint density at radius 2 is 2.16 bits per heavy atom. The van der Waals surface area contributed by atoms with Crippen LogP contribution >= 0.6 is 22.9 Å². The molecule has 2 aromatic heterocycles. The summed E-state index contributed by atoms with van der Waals surface area (Å²) in [4.78, 5) is 19.0. The number of thiazole rings is 1. The van der Waals surface area contributed by atoms with Crippen molar-refractivity contribution in [3.63, 3.8) is 0 Å². The molecule has 0 aliphatic heterocycles. The summed E-state index contributed by atoms with van der Waals surface area (Å²) in [6.07, 6.45) is 5.10. The molecule has 0 atom stereocenters. The highest BCUT2D eigenvalue weighted by atomic mass is 35.5. The highest BCUT2D eigenvalue weighted by molar-refractivity contribution is 7.15. The first-order chi connectivity index (χ1) is 12.1. The Morgan fingerprint density at radius 1 is 1.40 bits per heavy atom. The summed E-state index contributed by atoms with van der Waals surface area (Å²) in [7, 11) is 1.77. The number of nitrogens with zero attached hydrogens (tertiary/aromatic N) is 3. The second-order valence-corrected chi connectivity index (χ2v) is 6.68. The molecule has 130 valence electrons. The molecule has 0 saturated heterocycles. The maximum absolute atomic E-state index is 12.3. The van der Waals surface area contributed by atoms with Crippen LogP contribution in [0.4, 0.5) is 0 Å². The summed E-state index contributed by atoms with van der Waals surface area (Å²) in [6.45, 7) is 3.10. The number of hydrogen-bond acceptors (Lipinski definition) is 4. The van der Waals surface area contributed by atoms with E-state index in [1.54, 1.807) is 18.0 Å². The van der Waals surface area contributed by atoms with Crippen molar-refractivity contribution in [3.8, 4) is 5.75 Å².